The molecule has 0 aliphatic heterocycles. The number of amides is 1. The molecular weight excluding hydrogens is 959 g/mol. The third-order valence-corrected chi connectivity index (χ3v) is 17.4. The lowest BCUT2D eigenvalue weighted by molar-refractivity contribution is -0.143. The molecule has 0 spiro atoms. The van der Waals surface area contributed by atoms with Crippen LogP contribution in [0.2, 0.25) is 0 Å². The number of ether oxygens (including phenoxy) is 1. The van der Waals surface area contributed by atoms with E-state index in [1.807, 2.05) is 0 Å². The van der Waals surface area contributed by atoms with E-state index in [1.54, 1.807) is 0 Å². The van der Waals surface area contributed by atoms with Crippen LogP contribution in [-0.4, -0.2) is 47.4 Å². The van der Waals surface area contributed by atoms with Crippen molar-refractivity contribution in [1.82, 2.24) is 5.32 Å². The van der Waals surface area contributed by atoms with Crippen LogP contribution in [0.5, 0.6) is 0 Å². The van der Waals surface area contributed by atoms with E-state index in [-0.39, 0.29) is 18.5 Å². The highest BCUT2D eigenvalue weighted by Gasteiger charge is 2.20. The highest BCUT2D eigenvalue weighted by molar-refractivity contribution is 5.76. The van der Waals surface area contributed by atoms with Gasteiger partial charge in [-0.1, -0.05) is 386 Å². The van der Waals surface area contributed by atoms with Gasteiger partial charge in [0, 0.05) is 12.8 Å². The lowest BCUT2D eigenvalue weighted by atomic mass is 10.0. The first kappa shape index (κ1) is 76.9. The van der Waals surface area contributed by atoms with Crippen molar-refractivity contribution in [2.45, 2.75) is 437 Å². The maximum absolute atomic E-state index is 12.6. The first-order valence-electron chi connectivity index (χ1n) is 36.3. The van der Waals surface area contributed by atoms with Gasteiger partial charge in [-0.2, -0.15) is 0 Å². The minimum atomic E-state index is -0.662. The Morgan fingerprint density at radius 3 is 0.782 bits per heavy atom. The first-order chi connectivity index (χ1) is 38.5. The maximum atomic E-state index is 12.6. The predicted octanol–water partition coefficient (Wildman–Crippen LogP) is 23.4. The second-order valence-corrected chi connectivity index (χ2v) is 25.3. The van der Waals surface area contributed by atoms with E-state index in [9.17, 15) is 19.8 Å². The van der Waals surface area contributed by atoms with E-state index in [2.05, 4.69) is 19.2 Å². The van der Waals surface area contributed by atoms with Crippen LogP contribution in [0.15, 0.2) is 0 Å². The molecule has 1 amide bonds. The molecular formula is C72H143NO5. The van der Waals surface area contributed by atoms with Crippen molar-refractivity contribution in [2.24, 2.45) is 0 Å². The lowest BCUT2D eigenvalue weighted by Gasteiger charge is -2.22. The summed E-state index contributed by atoms with van der Waals surface area (Å²) in [7, 11) is 0. The summed E-state index contributed by atoms with van der Waals surface area (Å²) >= 11 is 0. The molecule has 3 N–H and O–H groups in total. The Bertz CT molecular complexity index is 1130. The van der Waals surface area contributed by atoms with Crippen LogP contribution in [0, 0.1) is 0 Å². The average Bonchev–Trinajstić information content (AvgIpc) is 3.44. The van der Waals surface area contributed by atoms with Crippen molar-refractivity contribution < 1.29 is 24.5 Å². The van der Waals surface area contributed by atoms with Gasteiger partial charge in [0.25, 0.3) is 0 Å². The number of hydrogen-bond donors (Lipinski definition) is 3. The summed E-state index contributed by atoms with van der Waals surface area (Å²) in [6.07, 6.45) is 83.1. The summed E-state index contributed by atoms with van der Waals surface area (Å²) in [4.78, 5) is 24.6. The second kappa shape index (κ2) is 68.4. The number of hydrogen-bond acceptors (Lipinski definition) is 5. The number of unbranched alkanes of at least 4 members (excludes halogenated alkanes) is 58. The highest BCUT2D eigenvalue weighted by atomic mass is 16.5. The van der Waals surface area contributed by atoms with E-state index in [0.29, 0.717) is 25.9 Å². The van der Waals surface area contributed by atoms with E-state index >= 15 is 0 Å². The average molecular weight is 1100 g/mol. The topological polar surface area (TPSA) is 95.9 Å². The number of carbonyl (C=O) groups is 2. The number of carbonyl (C=O) groups excluding carboxylic acids is 2. The summed E-state index contributed by atoms with van der Waals surface area (Å²) in [5, 5.41) is 23.4. The third-order valence-electron chi connectivity index (χ3n) is 17.4. The van der Waals surface area contributed by atoms with Crippen LogP contribution in [-0.2, 0) is 14.3 Å². The van der Waals surface area contributed by atoms with Crippen molar-refractivity contribution in [1.29, 1.82) is 0 Å². The van der Waals surface area contributed by atoms with Gasteiger partial charge in [-0.25, -0.2) is 0 Å². The molecule has 0 saturated heterocycles. The van der Waals surface area contributed by atoms with Gasteiger partial charge in [0.15, 0.2) is 0 Å². The summed E-state index contributed by atoms with van der Waals surface area (Å²) in [6, 6.07) is -0.538. The number of esters is 1. The van der Waals surface area contributed by atoms with Crippen molar-refractivity contribution in [3.63, 3.8) is 0 Å². The maximum Gasteiger partial charge on any atom is 0.305 e. The Balaban J connectivity index is 3.34. The van der Waals surface area contributed by atoms with Gasteiger partial charge >= 0.3 is 5.97 Å². The third kappa shape index (κ3) is 64.0. The largest absolute Gasteiger partial charge is 0.466 e. The standard InChI is InChI=1S/C72H143NO5/c1-3-5-7-9-11-13-15-16-17-18-19-29-32-35-38-41-45-48-52-56-60-64-70(75)69(68-74)73-71(76)65-61-57-53-49-46-42-39-36-33-30-27-25-23-21-20-22-24-26-28-31-34-37-40-43-47-51-55-59-63-67-78-72(77)66-62-58-54-50-44-14-12-10-8-6-4-2/h69-70,74-75H,3-68H2,1-2H3,(H,73,76). The number of rotatable bonds is 69. The van der Waals surface area contributed by atoms with Crippen molar-refractivity contribution in [3.8, 4) is 0 Å². The van der Waals surface area contributed by atoms with Crippen molar-refractivity contribution in [2.75, 3.05) is 13.2 Å². The van der Waals surface area contributed by atoms with E-state index in [4.69, 9.17) is 4.74 Å². The molecule has 466 valence electrons. The molecule has 0 aliphatic rings. The highest BCUT2D eigenvalue weighted by Crippen LogP contribution is 2.20. The zero-order chi connectivity index (χ0) is 56.4. The number of aliphatic hydroxyl groups is 2. The van der Waals surface area contributed by atoms with Crippen LogP contribution in [0.3, 0.4) is 0 Å². The van der Waals surface area contributed by atoms with Crippen LogP contribution in [0.1, 0.15) is 425 Å². The fourth-order valence-electron chi connectivity index (χ4n) is 11.9. The Hall–Kier alpha value is -1.14. The van der Waals surface area contributed by atoms with Crippen LogP contribution < -0.4 is 5.32 Å². The molecule has 0 aliphatic carbocycles. The van der Waals surface area contributed by atoms with Gasteiger partial charge < -0.3 is 20.3 Å². The fraction of sp³-hybridized carbons (Fsp3) is 0.972. The molecule has 0 bridgehead atoms. The molecule has 2 atom stereocenters. The number of nitrogens with one attached hydrogen (secondary N) is 1. The number of aliphatic hydroxyl groups excluding tert-OH is 2. The summed E-state index contributed by atoms with van der Waals surface area (Å²) in [5.74, 6) is -0.00539. The van der Waals surface area contributed by atoms with Gasteiger partial charge in [-0.3, -0.25) is 9.59 Å². The Labute approximate surface area is 489 Å². The van der Waals surface area contributed by atoms with E-state index in [1.165, 1.54) is 353 Å². The Morgan fingerprint density at radius 2 is 0.526 bits per heavy atom. The van der Waals surface area contributed by atoms with Gasteiger partial charge in [-0.15, -0.1) is 0 Å². The minimum Gasteiger partial charge on any atom is -0.466 e. The Morgan fingerprint density at radius 1 is 0.308 bits per heavy atom. The monoisotopic (exact) mass is 1100 g/mol. The molecule has 78 heavy (non-hydrogen) atoms. The zero-order valence-electron chi connectivity index (χ0n) is 53.4. The molecule has 2 unspecified atom stereocenters. The molecule has 0 heterocycles. The molecule has 0 fully saturated rings. The molecule has 0 saturated carbocycles. The molecule has 0 aromatic heterocycles. The van der Waals surface area contributed by atoms with Crippen molar-refractivity contribution >= 4 is 11.9 Å². The SMILES string of the molecule is CCCCCCCCCCCCCCCCCCCCCCCC(O)C(CO)NC(=O)CCCCCCCCCCCCCCCCCCCCCCCCCCCCCCCOC(=O)CCCCCCCCCCCCC. The minimum absolute atomic E-state index is 0.0204. The van der Waals surface area contributed by atoms with E-state index in [0.717, 1.165) is 38.5 Å². The molecule has 0 aromatic carbocycles. The summed E-state index contributed by atoms with van der Waals surface area (Å²) in [5.41, 5.74) is 0. The first-order valence-corrected chi connectivity index (χ1v) is 36.3. The summed E-state index contributed by atoms with van der Waals surface area (Å²) < 4.78 is 5.48. The predicted molar refractivity (Wildman–Crippen MR) is 343 cm³/mol. The zero-order valence-corrected chi connectivity index (χ0v) is 53.4. The van der Waals surface area contributed by atoms with Gasteiger partial charge in [-0.05, 0) is 25.7 Å². The lowest BCUT2D eigenvalue weighted by Crippen LogP contribution is -2.45. The Kier molecular flexibility index (Phi) is 67.4. The van der Waals surface area contributed by atoms with Crippen molar-refractivity contribution in [3.05, 3.63) is 0 Å². The van der Waals surface area contributed by atoms with E-state index < -0.39 is 12.1 Å². The second-order valence-electron chi connectivity index (χ2n) is 25.3. The molecule has 6 nitrogen and oxygen atoms in total. The van der Waals surface area contributed by atoms with Crippen LogP contribution in [0.4, 0.5) is 0 Å². The van der Waals surface area contributed by atoms with Crippen LogP contribution in [0.25, 0.3) is 0 Å². The molecule has 6 heteroatoms. The van der Waals surface area contributed by atoms with Crippen LogP contribution >= 0.6 is 0 Å². The normalized spacial score (nSPS) is 12.4. The van der Waals surface area contributed by atoms with Gasteiger partial charge in [0.05, 0.1) is 25.4 Å². The fourth-order valence-corrected chi connectivity index (χ4v) is 11.9. The smallest absolute Gasteiger partial charge is 0.305 e. The summed E-state index contributed by atoms with van der Waals surface area (Å²) in [6.45, 7) is 5.00. The quantitative estimate of drug-likeness (QED) is 0.0417. The molecule has 0 rings (SSSR count). The molecule has 0 aromatic rings. The van der Waals surface area contributed by atoms with Gasteiger partial charge in [0.1, 0.15) is 0 Å². The van der Waals surface area contributed by atoms with Gasteiger partial charge in [0.2, 0.25) is 5.91 Å². The molecule has 0 radical (unpaired) electrons.